The lowest BCUT2D eigenvalue weighted by Crippen LogP contribution is -2.03. The van der Waals surface area contributed by atoms with Crippen LogP contribution in [0.4, 0.5) is 0 Å². The maximum absolute atomic E-state index is 11.0. The van der Waals surface area contributed by atoms with E-state index in [1.165, 1.54) is 16.4 Å². The van der Waals surface area contributed by atoms with Gasteiger partial charge < -0.3 is 0 Å². The number of rotatable bonds is 0. The maximum atomic E-state index is 11.0. The maximum Gasteiger partial charge on any atom is 0.265 e. The van der Waals surface area contributed by atoms with Gasteiger partial charge in [-0.25, -0.2) is 0 Å². The number of hydrogen-bond donors (Lipinski definition) is 1. The summed E-state index contributed by atoms with van der Waals surface area (Å²) < 4.78 is 2.71. The highest BCUT2D eigenvalue weighted by Crippen LogP contribution is 2.17. The highest BCUT2D eigenvalue weighted by Gasteiger charge is 2.09. The first-order valence-electron chi connectivity index (χ1n) is 3.25. The molecule has 0 saturated carbocycles. The van der Waals surface area contributed by atoms with E-state index in [0.717, 1.165) is 18.4 Å². The van der Waals surface area contributed by atoms with Crippen LogP contribution in [0.2, 0.25) is 0 Å². The molecule has 0 bridgehead atoms. The summed E-state index contributed by atoms with van der Waals surface area (Å²) in [7, 11) is 0. The van der Waals surface area contributed by atoms with E-state index in [9.17, 15) is 4.79 Å². The molecule has 0 radical (unpaired) electrons. The van der Waals surface area contributed by atoms with E-state index < -0.39 is 0 Å². The van der Waals surface area contributed by atoms with E-state index in [1.54, 1.807) is 0 Å². The Balaban J connectivity index is 2.68. The molecule has 3 heteroatoms. The molecule has 1 aliphatic rings. The Hall–Kier alpha value is -0.830. The monoisotopic (exact) mass is 153 g/mol. The van der Waals surface area contributed by atoms with Crippen molar-refractivity contribution in [2.24, 2.45) is 0 Å². The minimum absolute atomic E-state index is 0.0657. The van der Waals surface area contributed by atoms with Crippen LogP contribution in [-0.2, 0) is 6.42 Å². The van der Waals surface area contributed by atoms with Crippen LogP contribution in [0.1, 0.15) is 16.9 Å². The first kappa shape index (κ1) is 5.92. The lowest BCUT2D eigenvalue weighted by atomic mass is 10.1. The van der Waals surface area contributed by atoms with Gasteiger partial charge in [0.05, 0.1) is 5.56 Å². The minimum atomic E-state index is 0.0657. The molecule has 1 N–H and O–H groups in total. The molecule has 0 amide bonds. The Bertz CT molecular complexity index is 321. The summed E-state index contributed by atoms with van der Waals surface area (Å²) in [5.41, 5.74) is 0.937. The predicted molar refractivity (Wildman–Crippen MR) is 42.3 cm³/mol. The van der Waals surface area contributed by atoms with Gasteiger partial charge in [-0.3, -0.25) is 9.17 Å². The number of aromatic amines is 1. The summed E-state index contributed by atoms with van der Waals surface area (Å²) in [6.07, 6.45) is 6.05. The predicted octanol–water partition coefficient (Wildman–Crippen LogP) is 1.40. The molecule has 0 spiro atoms. The summed E-state index contributed by atoms with van der Waals surface area (Å²) >= 11 is 1.46. The second kappa shape index (κ2) is 2.09. The van der Waals surface area contributed by atoms with Gasteiger partial charge in [0.1, 0.15) is 0 Å². The van der Waals surface area contributed by atoms with E-state index in [2.05, 4.69) is 4.37 Å². The van der Waals surface area contributed by atoms with Gasteiger partial charge in [0.15, 0.2) is 0 Å². The van der Waals surface area contributed by atoms with Crippen molar-refractivity contribution in [1.29, 1.82) is 0 Å². The quantitative estimate of drug-likeness (QED) is 0.600. The number of fused-ring (bicyclic) bond motifs is 1. The standard InChI is InChI=1S/C7H7NOS/c9-7-5-3-1-2-4-6(5)10-8-7/h1,3H,2,4H2,(H,8,9). The first-order valence-corrected chi connectivity index (χ1v) is 4.06. The highest BCUT2D eigenvalue weighted by atomic mass is 32.1. The van der Waals surface area contributed by atoms with Gasteiger partial charge in [-0.05, 0) is 12.8 Å². The fourth-order valence-electron chi connectivity index (χ4n) is 1.11. The zero-order valence-corrected chi connectivity index (χ0v) is 6.20. The van der Waals surface area contributed by atoms with Crippen LogP contribution in [0.15, 0.2) is 10.9 Å². The molecule has 1 aromatic rings. The third-order valence-corrected chi connectivity index (χ3v) is 2.59. The molecule has 0 unspecified atom stereocenters. The van der Waals surface area contributed by atoms with Gasteiger partial charge in [-0.1, -0.05) is 23.7 Å². The summed E-state index contributed by atoms with van der Waals surface area (Å²) in [5.74, 6) is 0. The summed E-state index contributed by atoms with van der Waals surface area (Å²) in [4.78, 5) is 12.2. The van der Waals surface area contributed by atoms with Crippen molar-refractivity contribution in [3.05, 3.63) is 26.9 Å². The number of hydrogen-bond acceptors (Lipinski definition) is 2. The fourth-order valence-corrected chi connectivity index (χ4v) is 1.93. The molecule has 10 heavy (non-hydrogen) atoms. The zero-order valence-electron chi connectivity index (χ0n) is 5.39. The normalized spacial score (nSPS) is 15.2. The van der Waals surface area contributed by atoms with Crippen LogP contribution in [0.25, 0.3) is 6.08 Å². The van der Waals surface area contributed by atoms with Crippen molar-refractivity contribution in [2.75, 3.05) is 0 Å². The lowest BCUT2D eigenvalue weighted by Gasteiger charge is -1.99. The summed E-state index contributed by atoms with van der Waals surface area (Å²) in [6, 6.07) is 0. The molecule has 2 rings (SSSR count). The van der Waals surface area contributed by atoms with E-state index in [0.29, 0.717) is 0 Å². The Morgan fingerprint density at radius 1 is 1.60 bits per heavy atom. The lowest BCUT2D eigenvalue weighted by molar-refractivity contribution is 1.01. The van der Waals surface area contributed by atoms with Crippen molar-refractivity contribution >= 4 is 17.6 Å². The van der Waals surface area contributed by atoms with Crippen LogP contribution in [-0.4, -0.2) is 4.37 Å². The Labute approximate surface area is 62.4 Å². The van der Waals surface area contributed by atoms with Gasteiger partial charge in [0.25, 0.3) is 5.56 Å². The SMILES string of the molecule is O=c1[nH]sc2c1C=CCC2. The van der Waals surface area contributed by atoms with Crippen LogP contribution < -0.4 is 5.56 Å². The molecule has 0 saturated heterocycles. The van der Waals surface area contributed by atoms with Gasteiger partial charge >= 0.3 is 0 Å². The number of aromatic nitrogens is 1. The number of aryl methyl sites for hydroxylation is 1. The van der Waals surface area contributed by atoms with E-state index in [4.69, 9.17) is 0 Å². The van der Waals surface area contributed by atoms with E-state index >= 15 is 0 Å². The number of nitrogens with one attached hydrogen (secondary N) is 1. The molecule has 2 nitrogen and oxygen atoms in total. The van der Waals surface area contributed by atoms with Crippen molar-refractivity contribution in [1.82, 2.24) is 4.37 Å². The van der Waals surface area contributed by atoms with Gasteiger partial charge in [0.2, 0.25) is 0 Å². The van der Waals surface area contributed by atoms with E-state index in [1.807, 2.05) is 12.2 Å². The topological polar surface area (TPSA) is 32.9 Å². The van der Waals surface area contributed by atoms with E-state index in [-0.39, 0.29) is 5.56 Å². The van der Waals surface area contributed by atoms with Crippen molar-refractivity contribution < 1.29 is 0 Å². The molecule has 0 fully saturated rings. The Morgan fingerprint density at radius 2 is 2.50 bits per heavy atom. The second-order valence-electron chi connectivity index (χ2n) is 2.31. The molecular weight excluding hydrogens is 146 g/mol. The molecular formula is C7H7NOS. The van der Waals surface area contributed by atoms with Crippen molar-refractivity contribution in [3.8, 4) is 0 Å². The van der Waals surface area contributed by atoms with Crippen molar-refractivity contribution in [2.45, 2.75) is 12.8 Å². The second-order valence-corrected chi connectivity index (χ2v) is 3.21. The van der Waals surface area contributed by atoms with Gasteiger partial charge in [-0.15, -0.1) is 0 Å². The Morgan fingerprint density at radius 3 is 3.30 bits per heavy atom. The molecule has 0 aliphatic heterocycles. The highest BCUT2D eigenvalue weighted by molar-refractivity contribution is 7.05. The molecule has 0 atom stereocenters. The minimum Gasteiger partial charge on any atom is -0.277 e. The third-order valence-electron chi connectivity index (χ3n) is 1.63. The molecule has 1 aromatic heterocycles. The van der Waals surface area contributed by atoms with Crippen LogP contribution in [0.3, 0.4) is 0 Å². The average Bonchev–Trinajstić information content (AvgIpc) is 2.34. The van der Waals surface area contributed by atoms with Crippen LogP contribution in [0, 0.1) is 0 Å². The van der Waals surface area contributed by atoms with Crippen LogP contribution >= 0.6 is 11.5 Å². The largest absolute Gasteiger partial charge is 0.277 e. The third kappa shape index (κ3) is 0.743. The molecule has 1 aliphatic carbocycles. The summed E-state index contributed by atoms with van der Waals surface area (Å²) in [6.45, 7) is 0. The average molecular weight is 153 g/mol. The first-order chi connectivity index (χ1) is 4.88. The Kier molecular flexibility index (Phi) is 1.24. The fraction of sp³-hybridized carbons (Fsp3) is 0.286. The van der Waals surface area contributed by atoms with Crippen LogP contribution in [0.5, 0.6) is 0 Å². The number of H-pyrrole nitrogens is 1. The summed E-state index contributed by atoms with van der Waals surface area (Å²) in [5, 5.41) is 0. The van der Waals surface area contributed by atoms with Gasteiger partial charge in [0, 0.05) is 4.88 Å². The van der Waals surface area contributed by atoms with Gasteiger partial charge in [-0.2, -0.15) is 0 Å². The number of allylic oxidation sites excluding steroid dienone is 1. The van der Waals surface area contributed by atoms with Crippen molar-refractivity contribution in [3.63, 3.8) is 0 Å². The molecule has 52 valence electrons. The zero-order chi connectivity index (χ0) is 6.97. The molecule has 1 heterocycles. The molecule has 0 aromatic carbocycles. The smallest absolute Gasteiger partial charge is 0.265 e.